The maximum absolute atomic E-state index is 4.45. The molecule has 1 fully saturated rings. The molecule has 2 atom stereocenters. The van der Waals surface area contributed by atoms with Crippen molar-refractivity contribution in [2.75, 3.05) is 6.54 Å². The smallest absolute Gasteiger partial charge is 0.0704 e. The first-order valence-corrected chi connectivity index (χ1v) is 7.43. The Bertz CT molecular complexity index is 544. The second kappa shape index (κ2) is 5.70. The lowest BCUT2D eigenvalue weighted by Gasteiger charge is -2.13. The van der Waals surface area contributed by atoms with Crippen LogP contribution >= 0.6 is 0 Å². The summed E-state index contributed by atoms with van der Waals surface area (Å²) in [5.41, 5.74) is 2.59. The Labute approximate surface area is 115 Å². The van der Waals surface area contributed by atoms with Gasteiger partial charge in [-0.1, -0.05) is 25.1 Å². The van der Waals surface area contributed by atoms with E-state index in [0.29, 0.717) is 0 Å². The van der Waals surface area contributed by atoms with E-state index >= 15 is 0 Å². The molecule has 1 aromatic heterocycles. The number of aromatic nitrogens is 1. The van der Waals surface area contributed by atoms with Crippen LogP contribution in [0.3, 0.4) is 0 Å². The van der Waals surface area contributed by atoms with Crippen molar-refractivity contribution in [2.24, 2.45) is 5.92 Å². The number of hydrogen-bond acceptors (Lipinski definition) is 2. The fraction of sp³-hybridized carbons (Fsp3) is 0.471. The van der Waals surface area contributed by atoms with Gasteiger partial charge in [-0.15, -0.1) is 0 Å². The van der Waals surface area contributed by atoms with Crippen LogP contribution in [0.15, 0.2) is 36.5 Å². The first-order chi connectivity index (χ1) is 9.36. The average molecular weight is 254 g/mol. The third-order valence-corrected chi connectivity index (χ3v) is 4.28. The summed E-state index contributed by atoms with van der Waals surface area (Å²) in [5.74, 6) is 0.829. The molecule has 1 aliphatic carbocycles. The summed E-state index contributed by atoms with van der Waals surface area (Å²) in [4.78, 5) is 4.45. The maximum atomic E-state index is 4.45. The van der Waals surface area contributed by atoms with Crippen LogP contribution in [0, 0.1) is 5.92 Å². The normalized spacial score (nSPS) is 23.0. The SMILES string of the molecule is CCNC1CCC(Cc2ccnc3ccccc23)C1. The van der Waals surface area contributed by atoms with E-state index in [4.69, 9.17) is 0 Å². The molecular formula is C17H22N2. The molecule has 0 spiro atoms. The fourth-order valence-electron chi connectivity index (χ4n) is 3.38. The molecule has 2 nitrogen and oxygen atoms in total. The van der Waals surface area contributed by atoms with E-state index in [0.717, 1.165) is 24.0 Å². The Morgan fingerprint density at radius 1 is 1.21 bits per heavy atom. The van der Waals surface area contributed by atoms with E-state index in [1.807, 2.05) is 6.20 Å². The Morgan fingerprint density at radius 2 is 2.11 bits per heavy atom. The summed E-state index contributed by atoms with van der Waals surface area (Å²) in [6, 6.07) is 11.4. The van der Waals surface area contributed by atoms with Crippen LogP contribution < -0.4 is 5.32 Å². The van der Waals surface area contributed by atoms with Gasteiger partial charge >= 0.3 is 0 Å². The summed E-state index contributed by atoms with van der Waals surface area (Å²) >= 11 is 0. The van der Waals surface area contributed by atoms with Crippen molar-refractivity contribution in [3.63, 3.8) is 0 Å². The van der Waals surface area contributed by atoms with Gasteiger partial charge in [0.05, 0.1) is 5.52 Å². The molecular weight excluding hydrogens is 232 g/mol. The molecule has 0 saturated heterocycles. The van der Waals surface area contributed by atoms with E-state index in [9.17, 15) is 0 Å². The predicted octanol–water partition coefficient (Wildman–Crippen LogP) is 3.56. The van der Waals surface area contributed by atoms with Crippen molar-refractivity contribution >= 4 is 10.9 Å². The topological polar surface area (TPSA) is 24.9 Å². The van der Waals surface area contributed by atoms with Crippen LogP contribution in [-0.2, 0) is 6.42 Å². The summed E-state index contributed by atoms with van der Waals surface area (Å²) in [7, 11) is 0. The molecule has 1 aliphatic rings. The fourth-order valence-corrected chi connectivity index (χ4v) is 3.38. The summed E-state index contributed by atoms with van der Waals surface area (Å²) in [6.07, 6.45) is 7.17. The van der Waals surface area contributed by atoms with Gasteiger partial charge in [-0.25, -0.2) is 0 Å². The molecule has 0 aliphatic heterocycles. The minimum Gasteiger partial charge on any atom is -0.314 e. The first kappa shape index (κ1) is 12.6. The van der Waals surface area contributed by atoms with Crippen molar-refractivity contribution in [1.82, 2.24) is 10.3 Å². The predicted molar refractivity (Wildman–Crippen MR) is 80.3 cm³/mol. The lowest BCUT2D eigenvalue weighted by atomic mass is 9.95. The molecule has 2 unspecified atom stereocenters. The van der Waals surface area contributed by atoms with E-state index < -0.39 is 0 Å². The van der Waals surface area contributed by atoms with Gasteiger partial charge in [0.1, 0.15) is 0 Å². The van der Waals surface area contributed by atoms with E-state index in [1.165, 1.54) is 36.6 Å². The Hall–Kier alpha value is -1.41. The molecule has 2 heteroatoms. The van der Waals surface area contributed by atoms with Gasteiger partial charge in [0.15, 0.2) is 0 Å². The molecule has 0 amide bonds. The molecule has 2 aromatic rings. The van der Waals surface area contributed by atoms with Crippen LogP contribution in [-0.4, -0.2) is 17.6 Å². The van der Waals surface area contributed by atoms with Crippen molar-refractivity contribution in [3.8, 4) is 0 Å². The standard InChI is InChI=1S/C17H22N2/c1-2-18-15-8-7-13(12-15)11-14-9-10-19-17-6-4-3-5-16(14)17/h3-6,9-10,13,15,18H,2,7-8,11-12H2,1H3. The molecule has 3 rings (SSSR count). The van der Waals surface area contributed by atoms with Gasteiger partial charge in [-0.3, -0.25) is 4.98 Å². The van der Waals surface area contributed by atoms with Crippen molar-refractivity contribution in [1.29, 1.82) is 0 Å². The minimum absolute atomic E-state index is 0.739. The molecule has 1 saturated carbocycles. The average Bonchev–Trinajstić information content (AvgIpc) is 2.87. The molecule has 0 radical (unpaired) electrons. The van der Waals surface area contributed by atoms with Gasteiger partial charge in [0.2, 0.25) is 0 Å². The van der Waals surface area contributed by atoms with Gasteiger partial charge < -0.3 is 5.32 Å². The molecule has 19 heavy (non-hydrogen) atoms. The van der Waals surface area contributed by atoms with Crippen LogP contribution in [0.1, 0.15) is 31.7 Å². The highest BCUT2D eigenvalue weighted by Crippen LogP contribution is 2.30. The molecule has 0 bridgehead atoms. The van der Waals surface area contributed by atoms with Crippen LogP contribution in [0.2, 0.25) is 0 Å². The number of benzene rings is 1. The third kappa shape index (κ3) is 2.79. The van der Waals surface area contributed by atoms with Gasteiger partial charge in [0.25, 0.3) is 0 Å². The number of fused-ring (bicyclic) bond motifs is 1. The Morgan fingerprint density at radius 3 is 3.00 bits per heavy atom. The highest BCUT2D eigenvalue weighted by atomic mass is 14.9. The second-order valence-electron chi connectivity index (χ2n) is 5.63. The largest absolute Gasteiger partial charge is 0.314 e. The molecule has 100 valence electrons. The number of nitrogens with one attached hydrogen (secondary N) is 1. The van der Waals surface area contributed by atoms with Crippen LogP contribution in [0.5, 0.6) is 0 Å². The van der Waals surface area contributed by atoms with E-state index in [1.54, 1.807) is 0 Å². The molecule has 1 heterocycles. The highest BCUT2D eigenvalue weighted by molar-refractivity contribution is 5.81. The summed E-state index contributed by atoms with van der Waals surface area (Å²) < 4.78 is 0. The molecule has 1 aromatic carbocycles. The number of rotatable bonds is 4. The van der Waals surface area contributed by atoms with E-state index in [2.05, 4.69) is 47.6 Å². The summed E-state index contributed by atoms with van der Waals surface area (Å²) in [6.45, 7) is 3.29. The zero-order valence-electron chi connectivity index (χ0n) is 11.6. The summed E-state index contributed by atoms with van der Waals surface area (Å²) in [5, 5.41) is 4.92. The highest BCUT2D eigenvalue weighted by Gasteiger charge is 2.24. The third-order valence-electron chi connectivity index (χ3n) is 4.28. The van der Waals surface area contributed by atoms with Crippen molar-refractivity contribution < 1.29 is 0 Å². The Balaban J connectivity index is 1.75. The Kier molecular flexibility index (Phi) is 3.79. The second-order valence-corrected chi connectivity index (χ2v) is 5.63. The first-order valence-electron chi connectivity index (χ1n) is 7.43. The van der Waals surface area contributed by atoms with Gasteiger partial charge in [-0.05, 0) is 55.8 Å². The monoisotopic (exact) mass is 254 g/mol. The van der Waals surface area contributed by atoms with Crippen LogP contribution in [0.4, 0.5) is 0 Å². The maximum Gasteiger partial charge on any atom is 0.0704 e. The van der Waals surface area contributed by atoms with Gasteiger partial charge in [0, 0.05) is 17.6 Å². The number of para-hydroxylation sites is 1. The lowest BCUT2D eigenvalue weighted by molar-refractivity contribution is 0.494. The number of hydrogen-bond donors (Lipinski definition) is 1. The number of nitrogens with zero attached hydrogens (tertiary/aromatic N) is 1. The van der Waals surface area contributed by atoms with Crippen LogP contribution in [0.25, 0.3) is 10.9 Å². The zero-order chi connectivity index (χ0) is 13.1. The minimum atomic E-state index is 0.739. The number of pyridine rings is 1. The van der Waals surface area contributed by atoms with Crippen molar-refractivity contribution in [3.05, 3.63) is 42.1 Å². The van der Waals surface area contributed by atoms with E-state index in [-0.39, 0.29) is 0 Å². The zero-order valence-corrected chi connectivity index (χ0v) is 11.6. The van der Waals surface area contributed by atoms with Gasteiger partial charge in [-0.2, -0.15) is 0 Å². The molecule has 1 N–H and O–H groups in total. The lowest BCUT2D eigenvalue weighted by Crippen LogP contribution is -2.25. The van der Waals surface area contributed by atoms with Crippen molar-refractivity contribution in [2.45, 2.75) is 38.6 Å². The quantitative estimate of drug-likeness (QED) is 0.902.